The maximum atomic E-state index is 12.9. The van der Waals surface area contributed by atoms with Crippen molar-refractivity contribution in [1.29, 1.82) is 0 Å². The Morgan fingerprint density at radius 2 is 1.31 bits per heavy atom. The van der Waals surface area contributed by atoms with Gasteiger partial charge in [0.25, 0.3) is 0 Å². The summed E-state index contributed by atoms with van der Waals surface area (Å²) in [5.41, 5.74) is 1.15. The molecule has 32 heavy (non-hydrogen) atoms. The number of carbonyl (C=O) groups excluding carboxylic acids is 2. The Bertz CT molecular complexity index is 1150. The van der Waals surface area contributed by atoms with Crippen molar-refractivity contribution < 1.29 is 18.0 Å². The first-order valence-corrected chi connectivity index (χ1v) is 12.1. The average molecular weight is 516 g/mol. The van der Waals surface area contributed by atoms with Gasteiger partial charge in [-0.1, -0.05) is 52.3 Å². The molecular formula is C23H22BrN3O4S. The SMILES string of the molecule is O=C(CC[C@H](NS(=O)(=O)c1ccc(Br)cc1)C(=O)Nc1ccccc1)Nc1ccccc1. The van der Waals surface area contributed by atoms with Crippen molar-refractivity contribution in [3.8, 4) is 0 Å². The summed E-state index contributed by atoms with van der Waals surface area (Å²) in [4.78, 5) is 25.2. The Morgan fingerprint density at radius 3 is 1.88 bits per heavy atom. The smallest absolute Gasteiger partial charge is 0.242 e. The van der Waals surface area contributed by atoms with Gasteiger partial charge in [-0.15, -0.1) is 0 Å². The molecule has 0 aliphatic carbocycles. The highest BCUT2D eigenvalue weighted by Crippen LogP contribution is 2.17. The number of halogens is 1. The van der Waals surface area contributed by atoms with E-state index in [2.05, 4.69) is 31.3 Å². The predicted molar refractivity (Wildman–Crippen MR) is 128 cm³/mol. The van der Waals surface area contributed by atoms with Gasteiger partial charge in [0.2, 0.25) is 21.8 Å². The lowest BCUT2D eigenvalue weighted by Gasteiger charge is -2.19. The Labute approximate surface area is 195 Å². The van der Waals surface area contributed by atoms with Crippen molar-refractivity contribution >= 4 is 49.1 Å². The second-order valence-corrected chi connectivity index (χ2v) is 9.57. The van der Waals surface area contributed by atoms with Crippen molar-refractivity contribution in [2.75, 3.05) is 10.6 Å². The summed E-state index contributed by atoms with van der Waals surface area (Å²) in [6.07, 6.45) is -0.0717. The topological polar surface area (TPSA) is 104 Å². The van der Waals surface area contributed by atoms with E-state index in [9.17, 15) is 18.0 Å². The minimum absolute atomic E-state index is 0.0203. The van der Waals surface area contributed by atoms with E-state index >= 15 is 0 Å². The van der Waals surface area contributed by atoms with E-state index < -0.39 is 22.0 Å². The van der Waals surface area contributed by atoms with Crippen molar-refractivity contribution in [1.82, 2.24) is 4.72 Å². The predicted octanol–water partition coefficient (Wildman–Crippen LogP) is 4.15. The molecule has 0 aliphatic heterocycles. The molecule has 0 saturated carbocycles. The summed E-state index contributed by atoms with van der Waals surface area (Å²) in [7, 11) is -3.98. The third-order valence-corrected chi connectivity index (χ3v) is 6.51. The molecule has 0 unspecified atom stereocenters. The summed E-state index contributed by atoms with van der Waals surface area (Å²) in [5, 5.41) is 5.43. The van der Waals surface area contributed by atoms with E-state index in [4.69, 9.17) is 0 Å². The quantitative estimate of drug-likeness (QED) is 0.398. The van der Waals surface area contributed by atoms with Gasteiger partial charge in [0.15, 0.2) is 0 Å². The second kappa shape index (κ2) is 11.0. The molecule has 0 aliphatic rings. The van der Waals surface area contributed by atoms with Crippen LogP contribution >= 0.6 is 15.9 Å². The molecule has 0 radical (unpaired) electrons. The van der Waals surface area contributed by atoms with Crippen LogP contribution in [0.3, 0.4) is 0 Å². The van der Waals surface area contributed by atoms with Gasteiger partial charge in [-0.25, -0.2) is 8.42 Å². The Hall–Kier alpha value is -3.01. The zero-order valence-corrected chi connectivity index (χ0v) is 19.4. The zero-order chi connectivity index (χ0) is 23.0. The number of carbonyl (C=O) groups is 2. The van der Waals surface area contributed by atoms with Crippen LogP contribution in [-0.2, 0) is 19.6 Å². The van der Waals surface area contributed by atoms with Crippen LogP contribution in [0.2, 0.25) is 0 Å². The maximum absolute atomic E-state index is 12.9. The van der Waals surface area contributed by atoms with E-state index in [0.29, 0.717) is 11.4 Å². The van der Waals surface area contributed by atoms with Crippen LogP contribution in [0.25, 0.3) is 0 Å². The van der Waals surface area contributed by atoms with Gasteiger partial charge in [-0.05, 0) is 55.0 Å². The van der Waals surface area contributed by atoms with E-state index in [0.717, 1.165) is 4.47 Å². The molecule has 0 spiro atoms. The number of amides is 2. The van der Waals surface area contributed by atoms with E-state index in [-0.39, 0.29) is 23.6 Å². The highest BCUT2D eigenvalue weighted by Gasteiger charge is 2.26. The standard InChI is InChI=1S/C23H22BrN3O4S/c24-17-11-13-20(14-12-17)32(30,31)27-21(23(29)26-19-9-5-2-6-10-19)15-16-22(28)25-18-7-3-1-4-8-18/h1-14,21,27H,15-16H2,(H,25,28)(H,26,29)/t21-/m0/s1. The third-order valence-electron chi connectivity index (χ3n) is 4.50. The van der Waals surface area contributed by atoms with Crippen LogP contribution < -0.4 is 15.4 Å². The molecule has 1 atom stereocenters. The lowest BCUT2D eigenvalue weighted by molar-refractivity contribution is -0.118. The second-order valence-electron chi connectivity index (χ2n) is 6.94. The minimum Gasteiger partial charge on any atom is -0.326 e. The van der Waals surface area contributed by atoms with E-state index in [1.165, 1.54) is 12.1 Å². The molecule has 3 aromatic carbocycles. The number of nitrogens with one attached hydrogen (secondary N) is 3. The number of rotatable bonds is 9. The number of hydrogen-bond donors (Lipinski definition) is 3. The molecule has 0 aromatic heterocycles. The van der Waals surface area contributed by atoms with Crippen LogP contribution in [0, 0.1) is 0 Å². The molecule has 166 valence electrons. The van der Waals surface area contributed by atoms with Crippen molar-refractivity contribution in [2.24, 2.45) is 0 Å². The van der Waals surface area contributed by atoms with E-state index in [1.54, 1.807) is 66.7 Å². The number of benzene rings is 3. The number of sulfonamides is 1. The van der Waals surface area contributed by atoms with Gasteiger partial charge in [-0.2, -0.15) is 4.72 Å². The van der Waals surface area contributed by atoms with Crippen molar-refractivity contribution in [3.63, 3.8) is 0 Å². The largest absolute Gasteiger partial charge is 0.326 e. The van der Waals surface area contributed by atoms with Crippen LogP contribution in [0.1, 0.15) is 12.8 Å². The lowest BCUT2D eigenvalue weighted by atomic mass is 10.1. The van der Waals surface area contributed by atoms with Gasteiger partial charge in [0, 0.05) is 22.3 Å². The fraction of sp³-hybridized carbons (Fsp3) is 0.130. The molecule has 0 heterocycles. The molecule has 0 fully saturated rings. The summed E-state index contributed by atoms with van der Waals surface area (Å²) >= 11 is 3.27. The Balaban J connectivity index is 1.73. The highest BCUT2D eigenvalue weighted by molar-refractivity contribution is 9.10. The highest BCUT2D eigenvalue weighted by atomic mass is 79.9. The summed E-state index contributed by atoms with van der Waals surface area (Å²) in [6.45, 7) is 0. The monoisotopic (exact) mass is 515 g/mol. The lowest BCUT2D eigenvalue weighted by Crippen LogP contribution is -2.44. The molecule has 3 N–H and O–H groups in total. The molecule has 3 aromatic rings. The maximum Gasteiger partial charge on any atom is 0.242 e. The van der Waals surface area contributed by atoms with Crippen LogP contribution in [0.15, 0.2) is 94.3 Å². The van der Waals surface area contributed by atoms with Gasteiger partial charge in [0.1, 0.15) is 6.04 Å². The normalized spacial score (nSPS) is 12.0. The molecule has 2 amide bonds. The third kappa shape index (κ3) is 7.01. The molecule has 9 heteroatoms. The molecule has 0 bridgehead atoms. The zero-order valence-electron chi connectivity index (χ0n) is 17.0. The molecule has 0 saturated heterocycles. The van der Waals surface area contributed by atoms with Gasteiger partial charge < -0.3 is 10.6 Å². The van der Waals surface area contributed by atoms with Gasteiger partial charge in [0.05, 0.1) is 4.90 Å². The Morgan fingerprint density at radius 1 is 0.781 bits per heavy atom. The molecule has 7 nitrogen and oxygen atoms in total. The first-order valence-electron chi connectivity index (χ1n) is 9.82. The first kappa shape index (κ1) is 23.6. The van der Waals surface area contributed by atoms with Crippen LogP contribution in [0.4, 0.5) is 11.4 Å². The van der Waals surface area contributed by atoms with Gasteiger partial charge in [-0.3, -0.25) is 9.59 Å². The van der Waals surface area contributed by atoms with Gasteiger partial charge >= 0.3 is 0 Å². The minimum atomic E-state index is -3.98. The summed E-state index contributed by atoms with van der Waals surface area (Å²) in [6, 6.07) is 22.5. The number of hydrogen-bond acceptors (Lipinski definition) is 4. The number of anilines is 2. The average Bonchev–Trinajstić information content (AvgIpc) is 2.78. The Kier molecular flexibility index (Phi) is 8.15. The first-order chi connectivity index (χ1) is 15.3. The molecular weight excluding hydrogens is 494 g/mol. The summed E-state index contributed by atoms with van der Waals surface area (Å²) in [5.74, 6) is -0.874. The van der Waals surface area contributed by atoms with Crippen molar-refractivity contribution in [3.05, 3.63) is 89.4 Å². The van der Waals surface area contributed by atoms with Crippen molar-refractivity contribution in [2.45, 2.75) is 23.8 Å². The summed E-state index contributed by atoms with van der Waals surface area (Å²) < 4.78 is 28.8. The van der Waals surface area contributed by atoms with Crippen LogP contribution in [-0.4, -0.2) is 26.3 Å². The fourth-order valence-corrected chi connectivity index (χ4v) is 4.38. The van der Waals surface area contributed by atoms with E-state index in [1.807, 2.05) is 6.07 Å². The van der Waals surface area contributed by atoms with Crippen LogP contribution in [0.5, 0.6) is 0 Å². The fourth-order valence-electron chi connectivity index (χ4n) is 2.88. The molecule has 3 rings (SSSR count). The number of para-hydroxylation sites is 2.